The number of fused-ring (bicyclic) bond motifs is 1. The van der Waals surface area contributed by atoms with Crippen LogP contribution in [0.15, 0.2) is 17.2 Å². The molecule has 31 heavy (non-hydrogen) atoms. The van der Waals surface area contributed by atoms with Crippen molar-refractivity contribution in [3.05, 3.63) is 34.0 Å². The van der Waals surface area contributed by atoms with Crippen molar-refractivity contribution in [2.75, 3.05) is 6.54 Å². The Morgan fingerprint density at radius 1 is 1.32 bits per heavy atom. The van der Waals surface area contributed by atoms with Crippen LogP contribution in [-0.2, 0) is 11.3 Å². The zero-order valence-electron chi connectivity index (χ0n) is 18.8. The van der Waals surface area contributed by atoms with E-state index in [-0.39, 0.29) is 24.0 Å². The second kappa shape index (κ2) is 8.92. The Kier molecular flexibility index (Phi) is 6.66. The van der Waals surface area contributed by atoms with Crippen LogP contribution in [-0.4, -0.2) is 66.1 Å². The van der Waals surface area contributed by atoms with Crippen molar-refractivity contribution >= 4 is 17.1 Å². The van der Waals surface area contributed by atoms with E-state index in [0.717, 1.165) is 11.3 Å². The van der Waals surface area contributed by atoms with E-state index in [2.05, 4.69) is 9.97 Å². The quantitative estimate of drug-likeness (QED) is 0.758. The summed E-state index contributed by atoms with van der Waals surface area (Å²) in [4.78, 5) is 35.6. The van der Waals surface area contributed by atoms with Gasteiger partial charge in [0.05, 0.1) is 36.6 Å². The van der Waals surface area contributed by atoms with Gasteiger partial charge >= 0.3 is 6.09 Å². The second-order valence-corrected chi connectivity index (χ2v) is 9.32. The van der Waals surface area contributed by atoms with E-state index >= 15 is 0 Å². The Bertz CT molecular complexity index is 1010. The molecule has 3 rings (SSSR count). The zero-order chi connectivity index (χ0) is 22.9. The van der Waals surface area contributed by atoms with Gasteiger partial charge in [0.1, 0.15) is 5.60 Å². The number of hydrogen-bond acceptors (Lipinski definition) is 7. The third kappa shape index (κ3) is 5.40. The molecule has 3 atom stereocenters. The summed E-state index contributed by atoms with van der Waals surface area (Å²) in [5.74, 6) is 0. The molecule has 1 fully saturated rings. The molecule has 0 unspecified atom stereocenters. The predicted molar refractivity (Wildman–Crippen MR) is 116 cm³/mol. The average molecular weight is 433 g/mol. The van der Waals surface area contributed by atoms with E-state index in [4.69, 9.17) is 4.74 Å². The Labute approximate surface area is 181 Å². The minimum atomic E-state index is -0.967. The SMILES string of the molecule is Cc1cc(C)c2ncn(C[C@@H](O)C[C@@H]3[C@@H](O)CCCN3C(=O)OC(C)(C)C)c(=O)c2n1. The smallest absolute Gasteiger partial charge is 0.410 e. The molecule has 1 saturated heterocycles. The lowest BCUT2D eigenvalue weighted by Crippen LogP contribution is -2.53. The maximum atomic E-state index is 12.9. The Balaban J connectivity index is 1.78. The van der Waals surface area contributed by atoms with Crippen molar-refractivity contribution < 1.29 is 19.7 Å². The summed E-state index contributed by atoms with van der Waals surface area (Å²) in [6, 6.07) is 1.27. The van der Waals surface area contributed by atoms with E-state index < -0.39 is 29.9 Å². The van der Waals surface area contributed by atoms with Gasteiger partial charge in [-0.1, -0.05) is 0 Å². The van der Waals surface area contributed by atoms with Crippen LogP contribution in [0.4, 0.5) is 4.79 Å². The molecule has 0 saturated carbocycles. The molecule has 3 heterocycles. The fourth-order valence-corrected chi connectivity index (χ4v) is 4.04. The Hall–Kier alpha value is -2.52. The highest BCUT2D eigenvalue weighted by atomic mass is 16.6. The number of rotatable bonds is 4. The lowest BCUT2D eigenvalue weighted by molar-refractivity contribution is -0.0368. The first-order valence-electron chi connectivity index (χ1n) is 10.7. The molecule has 9 nitrogen and oxygen atoms in total. The normalized spacial score (nSPS) is 20.7. The van der Waals surface area contributed by atoms with E-state index in [9.17, 15) is 19.8 Å². The van der Waals surface area contributed by atoms with Crippen LogP contribution < -0.4 is 5.56 Å². The fourth-order valence-electron chi connectivity index (χ4n) is 4.04. The molecule has 1 amide bonds. The number of hydrogen-bond donors (Lipinski definition) is 2. The van der Waals surface area contributed by atoms with Crippen molar-refractivity contribution in [2.45, 2.75) is 84.3 Å². The number of pyridine rings is 1. The summed E-state index contributed by atoms with van der Waals surface area (Å²) in [6.45, 7) is 9.47. The minimum Gasteiger partial charge on any atom is -0.444 e. The summed E-state index contributed by atoms with van der Waals surface area (Å²) in [5, 5.41) is 21.2. The van der Waals surface area contributed by atoms with Gasteiger partial charge in [0, 0.05) is 12.2 Å². The van der Waals surface area contributed by atoms with E-state index in [1.54, 1.807) is 20.8 Å². The van der Waals surface area contributed by atoms with E-state index in [0.29, 0.717) is 24.9 Å². The summed E-state index contributed by atoms with van der Waals surface area (Å²) >= 11 is 0. The number of amides is 1. The molecule has 1 aliphatic rings. The molecule has 0 radical (unpaired) electrons. The van der Waals surface area contributed by atoms with Gasteiger partial charge in [0.25, 0.3) is 5.56 Å². The molecule has 9 heteroatoms. The first-order chi connectivity index (χ1) is 14.5. The molecular formula is C22H32N4O5. The largest absolute Gasteiger partial charge is 0.444 e. The van der Waals surface area contributed by atoms with Gasteiger partial charge in [-0.3, -0.25) is 9.36 Å². The van der Waals surface area contributed by atoms with Crippen LogP contribution in [0.3, 0.4) is 0 Å². The highest BCUT2D eigenvalue weighted by Crippen LogP contribution is 2.24. The van der Waals surface area contributed by atoms with Crippen LogP contribution in [0, 0.1) is 13.8 Å². The molecule has 2 aromatic rings. The monoisotopic (exact) mass is 432 g/mol. The number of aliphatic hydroxyl groups is 2. The molecule has 0 aliphatic carbocycles. The number of aryl methyl sites for hydroxylation is 2. The van der Waals surface area contributed by atoms with Gasteiger partial charge in [-0.05, 0) is 65.5 Å². The lowest BCUT2D eigenvalue weighted by Gasteiger charge is -2.40. The first-order valence-corrected chi connectivity index (χ1v) is 10.7. The van der Waals surface area contributed by atoms with Gasteiger partial charge in [-0.2, -0.15) is 0 Å². The van der Waals surface area contributed by atoms with Crippen molar-refractivity contribution in [3.63, 3.8) is 0 Å². The number of piperidine rings is 1. The number of nitrogens with zero attached hydrogens (tertiary/aromatic N) is 4. The third-order valence-electron chi connectivity index (χ3n) is 5.39. The molecule has 1 aliphatic heterocycles. The summed E-state index contributed by atoms with van der Waals surface area (Å²) in [6.07, 6.45) is 0.469. The van der Waals surface area contributed by atoms with E-state index in [1.807, 2.05) is 19.9 Å². The van der Waals surface area contributed by atoms with Crippen LogP contribution in [0.5, 0.6) is 0 Å². The van der Waals surface area contributed by atoms with Crippen molar-refractivity contribution in [3.8, 4) is 0 Å². The number of carbonyl (C=O) groups excluding carboxylic acids is 1. The van der Waals surface area contributed by atoms with E-state index in [1.165, 1.54) is 15.8 Å². The predicted octanol–water partition coefficient (Wildman–Crippen LogP) is 1.92. The minimum absolute atomic E-state index is 0.0121. The lowest BCUT2D eigenvalue weighted by atomic mass is 9.94. The van der Waals surface area contributed by atoms with Crippen molar-refractivity contribution in [2.24, 2.45) is 0 Å². The highest BCUT2D eigenvalue weighted by Gasteiger charge is 2.37. The zero-order valence-corrected chi connectivity index (χ0v) is 18.8. The summed E-state index contributed by atoms with van der Waals surface area (Å²) < 4.78 is 6.79. The summed E-state index contributed by atoms with van der Waals surface area (Å²) in [7, 11) is 0. The standard InChI is InChI=1S/C22H32N4O5/c1-13-9-14(2)24-19-18(13)23-12-25(20(19)29)11-15(27)10-16-17(28)7-6-8-26(16)21(30)31-22(3,4)5/h9,12,15-17,27-28H,6-8,10-11H2,1-5H3/t15-,16+,17-/m0/s1. The highest BCUT2D eigenvalue weighted by molar-refractivity contribution is 5.76. The van der Waals surface area contributed by atoms with Crippen LogP contribution >= 0.6 is 0 Å². The Morgan fingerprint density at radius 3 is 2.71 bits per heavy atom. The van der Waals surface area contributed by atoms with Crippen LogP contribution in [0.25, 0.3) is 11.0 Å². The maximum Gasteiger partial charge on any atom is 0.410 e. The molecule has 0 bridgehead atoms. The number of carbonyl (C=O) groups is 1. The summed E-state index contributed by atoms with van der Waals surface area (Å²) in [5.41, 5.74) is 1.41. The fraction of sp³-hybridized carbons (Fsp3) is 0.636. The molecule has 0 spiro atoms. The van der Waals surface area contributed by atoms with Gasteiger partial charge < -0.3 is 19.8 Å². The molecular weight excluding hydrogens is 400 g/mol. The third-order valence-corrected chi connectivity index (χ3v) is 5.39. The average Bonchev–Trinajstić information content (AvgIpc) is 2.64. The molecule has 170 valence electrons. The second-order valence-electron chi connectivity index (χ2n) is 9.32. The van der Waals surface area contributed by atoms with Gasteiger partial charge in [-0.25, -0.2) is 14.8 Å². The van der Waals surface area contributed by atoms with Gasteiger partial charge in [0.2, 0.25) is 0 Å². The van der Waals surface area contributed by atoms with Gasteiger partial charge in [-0.15, -0.1) is 0 Å². The number of aromatic nitrogens is 3. The molecule has 0 aromatic carbocycles. The Morgan fingerprint density at radius 2 is 2.03 bits per heavy atom. The number of aliphatic hydroxyl groups excluding tert-OH is 2. The van der Waals surface area contributed by atoms with Crippen molar-refractivity contribution in [1.29, 1.82) is 0 Å². The maximum absolute atomic E-state index is 12.9. The van der Waals surface area contributed by atoms with Crippen LogP contribution in [0.1, 0.15) is 51.3 Å². The number of likely N-dealkylation sites (tertiary alicyclic amines) is 1. The van der Waals surface area contributed by atoms with Crippen LogP contribution in [0.2, 0.25) is 0 Å². The van der Waals surface area contributed by atoms with Crippen molar-refractivity contribution in [1.82, 2.24) is 19.4 Å². The number of ether oxygens (including phenoxy) is 1. The first kappa shape index (κ1) is 23.1. The topological polar surface area (TPSA) is 118 Å². The van der Waals surface area contributed by atoms with Gasteiger partial charge in [0.15, 0.2) is 5.52 Å². The molecule has 2 N–H and O–H groups in total. The molecule has 2 aromatic heterocycles.